The molecule has 84 valence electrons. The van der Waals surface area contributed by atoms with E-state index < -0.39 is 0 Å². The molecule has 1 aromatic rings. The van der Waals surface area contributed by atoms with E-state index in [1.54, 1.807) is 0 Å². The summed E-state index contributed by atoms with van der Waals surface area (Å²) in [6.07, 6.45) is 6.31. The Balaban J connectivity index is 2.80. The monoisotopic (exact) mass is 207 g/mol. The summed E-state index contributed by atoms with van der Waals surface area (Å²) >= 11 is 0. The summed E-state index contributed by atoms with van der Waals surface area (Å²) in [6.45, 7) is 6.30. The average Bonchev–Trinajstić information content (AvgIpc) is 2.66. The van der Waals surface area contributed by atoms with Crippen molar-refractivity contribution in [1.82, 2.24) is 15.1 Å². The molecule has 0 aliphatic heterocycles. The maximum absolute atomic E-state index is 4.31. The summed E-state index contributed by atoms with van der Waals surface area (Å²) in [5.74, 6) is 0. The summed E-state index contributed by atoms with van der Waals surface area (Å²) < 4.78 is 2.06. The van der Waals surface area contributed by atoms with Crippen molar-refractivity contribution >= 4 is 6.08 Å². The summed E-state index contributed by atoms with van der Waals surface area (Å²) in [5.41, 5.74) is 2.62. The minimum atomic E-state index is 0.952. The first-order chi connectivity index (χ1) is 7.31. The first-order valence-corrected chi connectivity index (χ1v) is 5.67. The average molecular weight is 207 g/mol. The highest BCUT2D eigenvalue weighted by Gasteiger charge is 2.00. The van der Waals surface area contributed by atoms with Crippen LogP contribution in [0.25, 0.3) is 6.08 Å². The Bertz CT molecular complexity index is 312. The molecule has 0 spiro atoms. The molecule has 3 heteroatoms. The molecule has 0 saturated heterocycles. The third-order valence-corrected chi connectivity index (χ3v) is 2.39. The van der Waals surface area contributed by atoms with Crippen molar-refractivity contribution in [1.29, 1.82) is 0 Å². The number of aryl methyl sites for hydroxylation is 1. The van der Waals surface area contributed by atoms with Gasteiger partial charge in [-0.25, -0.2) is 0 Å². The number of hydrogen-bond acceptors (Lipinski definition) is 2. The van der Waals surface area contributed by atoms with Crippen LogP contribution >= 0.6 is 0 Å². The number of aromatic nitrogens is 2. The van der Waals surface area contributed by atoms with Gasteiger partial charge in [-0.3, -0.25) is 4.68 Å². The van der Waals surface area contributed by atoms with Gasteiger partial charge in [0.2, 0.25) is 0 Å². The van der Waals surface area contributed by atoms with Crippen LogP contribution in [0.2, 0.25) is 0 Å². The van der Waals surface area contributed by atoms with Gasteiger partial charge in [0, 0.05) is 19.3 Å². The molecule has 1 heterocycles. The summed E-state index contributed by atoms with van der Waals surface area (Å²) in [7, 11) is 1.98. The van der Waals surface area contributed by atoms with Crippen LogP contribution in [0.5, 0.6) is 0 Å². The zero-order valence-corrected chi connectivity index (χ0v) is 9.95. The normalized spacial score (nSPS) is 12.1. The molecule has 3 nitrogen and oxygen atoms in total. The van der Waals surface area contributed by atoms with Crippen LogP contribution in [0.15, 0.2) is 17.8 Å². The Labute approximate surface area is 92.2 Å². The van der Waals surface area contributed by atoms with Crippen LogP contribution in [0.3, 0.4) is 0 Å². The lowest BCUT2D eigenvalue weighted by Crippen LogP contribution is -2.10. The van der Waals surface area contributed by atoms with Crippen LogP contribution < -0.4 is 5.32 Å². The first kappa shape index (κ1) is 12.0. The molecule has 0 aliphatic carbocycles. The maximum Gasteiger partial charge on any atom is 0.0609 e. The summed E-state index contributed by atoms with van der Waals surface area (Å²) in [5, 5.41) is 7.49. The minimum absolute atomic E-state index is 0.952. The molecule has 15 heavy (non-hydrogen) atoms. The lowest BCUT2D eigenvalue weighted by atomic mass is 10.1. The van der Waals surface area contributed by atoms with Gasteiger partial charge in [0.1, 0.15) is 0 Å². The van der Waals surface area contributed by atoms with Crippen LogP contribution in [-0.2, 0) is 6.54 Å². The van der Waals surface area contributed by atoms with Crippen molar-refractivity contribution in [3.8, 4) is 0 Å². The number of likely N-dealkylation sites (N-methyl/N-ethyl adjacent to an activating group) is 1. The number of hydrogen-bond donors (Lipinski definition) is 1. The fourth-order valence-corrected chi connectivity index (χ4v) is 1.58. The highest BCUT2D eigenvalue weighted by atomic mass is 15.3. The van der Waals surface area contributed by atoms with E-state index in [4.69, 9.17) is 0 Å². The Kier molecular flexibility index (Phi) is 5.12. The van der Waals surface area contributed by atoms with E-state index in [-0.39, 0.29) is 0 Å². The Morgan fingerprint density at radius 1 is 1.53 bits per heavy atom. The van der Waals surface area contributed by atoms with Gasteiger partial charge in [0.15, 0.2) is 0 Å². The van der Waals surface area contributed by atoms with Crippen molar-refractivity contribution in [3.05, 3.63) is 23.5 Å². The zero-order chi connectivity index (χ0) is 11.1. The second kappa shape index (κ2) is 6.40. The van der Waals surface area contributed by atoms with Gasteiger partial charge >= 0.3 is 0 Å². The topological polar surface area (TPSA) is 29.9 Å². The van der Waals surface area contributed by atoms with Crippen LogP contribution in [0, 0.1) is 0 Å². The minimum Gasteiger partial charge on any atom is -0.316 e. The van der Waals surface area contributed by atoms with E-state index in [1.807, 2.05) is 13.2 Å². The smallest absolute Gasteiger partial charge is 0.0609 e. The molecule has 0 aliphatic rings. The largest absolute Gasteiger partial charge is 0.316 e. The van der Waals surface area contributed by atoms with E-state index >= 15 is 0 Å². The predicted molar refractivity (Wildman–Crippen MR) is 64.7 cm³/mol. The SMILES string of the molecule is CCCn1nccc1/C=C(/CC)CNC. The Hall–Kier alpha value is -1.09. The fraction of sp³-hybridized carbons (Fsp3) is 0.583. The summed E-state index contributed by atoms with van der Waals surface area (Å²) in [4.78, 5) is 0. The van der Waals surface area contributed by atoms with E-state index in [0.29, 0.717) is 0 Å². The summed E-state index contributed by atoms with van der Waals surface area (Å²) in [6, 6.07) is 2.07. The molecule has 0 fully saturated rings. The third kappa shape index (κ3) is 3.51. The first-order valence-electron chi connectivity index (χ1n) is 5.67. The van der Waals surface area contributed by atoms with Crippen molar-refractivity contribution in [2.24, 2.45) is 0 Å². The molecule has 0 radical (unpaired) electrons. The molecule has 0 atom stereocenters. The van der Waals surface area contributed by atoms with Gasteiger partial charge in [0.05, 0.1) is 5.69 Å². The van der Waals surface area contributed by atoms with E-state index in [9.17, 15) is 0 Å². The van der Waals surface area contributed by atoms with Crippen molar-refractivity contribution in [3.63, 3.8) is 0 Å². The van der Waals surface area contributed by atoms with Crippen molar-refractivity contribution in [2.75, 3.05) is 13.6 Å². The predicted octanol–water partition coefficient (Wildman–Crippen LogP) is 2.31. The van der Waals surface area contributed by atoms with E-state index in [2.05, 4.69) is 41.1 Å². The van der Waals surface area contributed by atoms with Crippen LogP contribution in [0.1, 0.15) is 32.4 Å². The number of rotatable bonds is 6. The molecule has 1 aromatic heterocycles. The second-order valence-electron chi connectivity index (χ2n) is 3.67. The molecular formula is C12H21N3. The second-order valence-corrected chi connectivity index (χ2v) is 3.67. The molecule has 0 aromatic carbocycles. The lowest BCUT2D eigenvalue weighted by Gasteiger charge is -2.06. The van der Waals surface area contributed by atoms with Gasteiger partial charge in [-0.15, -0.1) is 0 Å². The van der Waals surface area contributed by atoms with Gasteiger partial charge in [0.25, 0.3) is 0 Å². The molecule has 0 amide bonds. The highest BCUT2D eigenvalue weighted by Crippen LogP contribution is 2.09. The fourth-order valence-electron chi connectivity index (χ4n) is 1.58. The number of nitrogens with one attached hydrogen (secondary N) is 1. The quantitative estimate of drug-likeness (QED) is 0.775. The van der Waals surface area contributed by atoms with Crippen LogP contribution in [-0.4, -0.2) is 23.4 Å². The van der Waals surface area contributed by atoms with Gasteiger partial charge in [-0.05, 0) is 32.0 Å². The molecule has 0 bridgehead atoms. The highest BCUT2D eigenvalue weighted by molar-refractivity contribution is 5.49. The molecule has 0 unspecified atom stereocenters. The van der Waals surface area contributed by atoms with Gasteiger partial charge < -0.3 is 5.32 Å². The Morgan fingerprint density at radius 3 is 2.93 bits per heavy atom. The zero-order valence-electron chi connectivity index (χ0n) is 9.95. The number of nitrogens with zero attached hydrogens (tertiary/aromatic N) is 2. The lowest BCUT2D eigenvalue weighted by molar-refractivity contribution is 0.597. The van der Waals surface area contributed by atoms with Crippen molar-refractivity contribution in [2.45, 2.75) is 33.2 Å². The molecule has 0 saturated carbocycles. The molecule has 1 rings (SSSR count). The third-order valence-electron chi connectivity index (χ3n) is 2.39. The van der Waals surface area contributed by atoms with E-state index in [1.165, 1.54) is 11.3 Å². The van der Waals surface area contributed by atoms with Crippen molar-refractivity contribution < 1.29 is 0 Å². The molecule has 1 N–H and O–H groups in total. The maximum atomic E-state index is 4.31. The van der Waals surface area contributed by atoms with Crippen LogP contribution in [0.4, 0.5) is 0 Å². The van der Waals surface area contributed by atoms with Gasteiger partial charge in [-0.1, -0.05) is 19.4 Å². The van der Waals surface area contributed by atoms with E-state index in [0.717, 1.165) is 25.9 Å². The molecular weight excluding hydrogens is 186 g/mol. The Morgan fingerprint density at radius 2 is 2.33 bits per heavy atom. The standard InChI is InChI=1S/C12H21N3/c1-4-8-15-12(6-7-14-15)9-11(5-2)10-13-3/h6-7,9,13H,4-5,8,10H2,1-3H3/b11-9-. The van der Waals surface area contributed by atoms with Gasteiger partial charge in [-0.2, -0.15) is 5.10 Å².